The summed E-state index contributed by atoms with van der Waals surface area (Å²) in [6, 6.07) is 11.5. The molecule has 3 aromatic rings. The van der Waals surface area contributed by atoms with E-state index >= 15 is 0 Å². The van der Waals surface area contributed by atoms with Crippen molar-refractivity contribution in [1.29, 1.82) is 5.26 Å². The number of nitriles is 1. The Bertz CT molecular complexity index is 822. The maximum atomic E-state index is 8.87. The van der Waals surface area contributed by atoms with Gasteiger partial charge in [0, 0.05) is 28.0 Å². The van der Waals surface area contributed by atoms with Crippen molar-refractivity contribution in [2.24, 2.45) is 0 Å². The molecule has 0 saturated heterocycles. The van der Waals surface area contributed by atoms with Crippen molar-refractivity contribution in [2.75, 3.05) is 0 Å². The highest BCUT2D eigenvalue weighted by Crippen LogP contribution is 2.26. The molecular weight excluding hydrogens is 332 g/mol. The highest BCUT2D eigenvalue weighted by molar-refractivity contribution is 9.10. The number of hydrogen-bond donors (Lipinski definition) is 0. The third-order valence-corrected chi connectivity index (χ3v) is 3.34. The molecule has 0 atom stereocenters. The molecule has 0 bridgehead atoms. The Kier molecular flexibility index (Phi) is 3.75. The van der Waals surface area contributed by atoms with Crippen LogP contribution < -0.4 is 0 Å². The summed E-state index contributed by atoms with van der Waals surface area (Å²) >= 11 is 3.36. The molecule has 0 N–H and O–H groups in total. The first-order chi connectivity index (χ1) is 10.3. The molecule has 0 aliphatic heterocycles. The third-order valence-electron chi connectivity index (χ3n) is 2.91. The Labute approximate surface area is 129 Å². The molecule has 21 heavy (non-hydrogen) atoms. The molecule has 0 fully saturated rings. The fourth-order valence-corrected chi connectivity index (χ4v) is 2.32. The summed E-state index contributed by atoms with van der Waals surface area (Å²) in [7, 11) is 0. The van der Waals surface area contributed by atoms with Gasteiger partial charge in [0.2, 0.25) is 5.82 Å². The van der Waals surface area contributed by atoms with Crippen LogP contribution in [-0.2, 0) is 6.42 Å². The van der Waals surface area contributed by atoms with Crippen LogP contribution in [0.2, 0.25) is 0 Å². The summed E-state index contributed by atoms with van der Waals surface area (Å²) in [5.41, 5.74) is 2.40. The van der Waals surface area contributed by atoms with Gasteiger partial charge >= 0.3 is 0 Å². The van der Waals surface area contributed by atoms with Gasteiger partial charge in [-0.1, -0.05) is 23.4 Å². The van der Waals surface area contributed by atoms with Crippen LogP contribution in [-0.4, -0.2) is 15.1 Å². The SMILES string of the molecule is N#CCc1ccccc1-c1nc(-c2cncc(Br)c2)no1. The van der Waals surface area contributed by atoms with E-state index in [1.807, 2.05) is 30.3 Å². The van der Waals surface area contributed by atoms with E-state index in [2.05, 4.69) is 37.1 Å². The van der Waals surface area contributed by atoms with E-state index in [9.17, 15) is 0 Å². The standard InChI is InChI=1S/C15H9BrN4O/c16-12-7-11(8-18-9-12)14-19-15(21-20-14)13-4-2-1-3-10(13)5-6-17/h1-4,7-9H,5H2. The van der Waals surface area contributed by atoms with E-state index in [4.69, 9.17) is 9.78 Å². The summed E-state index contributed by atoms with van der Waals surface area (Å²) < 4.78 is 6.16. The lowest BCUT2D eigenvalue weighted by Crippen LogP contribution is -1.88. The number of pyridine rings is 1. The average Bonchev–Trinajstić information content (AvgIpc) is 2.98. The summed E-state index contributed by atoms with van der Waals surface area (Å²) in [6.45, 7) is 0. The molecule has 3 rings (SSSR count). The molecule has 0 aliphatic rings. The Morgan fingerprint density at radius 3 is 2.90 bits per heavy atom. The molecule has 0 saturated carbocycles. The van der Waals surface area contributed by atoms with E-state index in [0.29, 0.717) is 18.1 Å². The van der Waals surface area contributed by atoms with Crippen molar-refractivity contribution in [3.05, 3.63) is 52.8 Å². The van der Waals surface area contributed by atoms with Crippen molar-refractivity contribution >= 4 is 15.9 Å². The minimum Gasteiger partial charge on any atom is -0.334 e. The normalized spacial score (nSPS) is 10.3. The zero-order valence-corrected chi connectivity index (χ0v) is 12.4. The van der Waals surface area contributed by atoms with E-state index in [-0.39, 0.29) is 0 Å². The number of rotatable bonds is 3. The Hall–Kier alpha value is -2.52. The Morgan fingerprint density at radius 2 is 2.10 bits per heavy atom. The highest BCUT2D eigenvalue weighted by Gasteiger charge is 2.14. The summed E-state index contributed by atoms with van der Waals surface area (Å²) in [6.07, 6.45) is 3.65. The second kappa shape index (κ2) is 5.85. The number of hydrogen-bond acceptors (Lipinski definition) is 5. The quantitative estimate of drug-likeness (QED) is 0.727. The van der Waals surface area contributed by atoms with Crippen molar-refractivity contribution in [3.8, 4) is 28.9 Å². The fourth-order valence-electron chi connectivity index (χ4n) is 1.95. The molecule has 2 aromatic heterocycles. The summed E-state index contributed by atoms with van der Waals surface area (Å²) in [5.74, 6) is 0.862. The predicted octanol–water partition coefficient (Wildman–Crippen LogP) is 3.63. The number of halogens is 1. The average molecular weight is 341 g/mol. The topological polar surface area (TPSA) is 75.6 Å². The lowest BCUT2D eigenvalue weighted by atomic mass is 10.1. The lowest BCUT2D eigenvalue weighted by molar-refractivity contribution is 0.432. The van der Waals surface area contributed by atoms with Gasteiger partial charge in [-0.15, -0.1) is 0 Å². The predicted molar refractivity (Wildman–Crippen MR) is 80.0 cm³/mol. The highest BCUT2D eigenvalue weighted by atomic mass is 79.9. The van der Waals surface area contributed by atoms with Gasteiger partial charge in [0.15, 0.2) is 0 Å². The molecule has 6 heteroatoms. The van der Waals surface area contributed by atoms with Crippen LogP contribution in [0.5, 0.6) is 0 Å². The van der Waals surface area contributed by atoms with Crippen LogP contribution in [0.4, 0.5) is 0 Å². The van der Waals surface area contributed by atoms with E-state index in [1.54, 1.807) is 12.4 Å². The molecule has 2 heterocycles. The van der Waals surface area contributed by atoms with Crippen LogP contribution in [0.15, 0.2) is 51.7 Å². The molecule has 0 spiro atoms. The molecule has 5 nitrogen and oxygen atoms in total. The first-order valence-electron chi connectivity index (χ1n) is 6.18. The molecule has 0 aliphatic carbocycles. The molecule has 1 aromatic carbocycles. The monoisotopic (exact) mass is 340 g/mol. The fraction of sp³-hybridized carbons (Fsp3) is 0.0667. The first kappa shape index (κ1) is 13.5. The summed E-state index contributed by atoms with van der Waals surface area (Å²) in [5, 5.41) is 12.8. The number of aromatic nitrogens is 3. The summed E-state index contributed by atoms with van der Waals surface area (Å²) in [4.78, 5) is 8.46. The minimum absolute atomic E-state index is 0.298. The van der Waals surface area contributed by atoms with Crippen molar-refractivity contribution < 1.29 is 4.52 Å². The van der Waals surface area contributed by atoms with Gasteiger partial charge in [0.1, 0.15) is 0 Å². The van der Waals surface area contributed by atoms with Gasteiger partial charge in [-0.05, 0) is 33.6 Å². The second-order valence-electron chi connectivity index (χ2n) is 4.31. The van der Waals surface area contributed by atoms with Crippen LogP contribution in [0, 0.1) is 11.3 Å². The largest absolute Gasteiger partial charge is 0.334 e. The van der Waals surface area contributed by atoms with Crippen LogP contribution in [0.3, 0.4) is 0 Å². The van der Waals surface area contributed by atoms with Crippen LogP contribution in [0.1, 0.15) is 5.56 Å². The number of benzene rings is 1. The molecule has 0 amide bonds. The molecule has 102 valence electrons. The van der Waals surface area contributed by atoms with Gasteiger partial charge in [-0.25, -0.2) is 0 Å². The van der Waals surface area contributed by atoms with Crippen LogP contribution >= 0.6 is 15.9 Å². The zero-order chi connectivity index (χ0) is 14.7. The van der Waals surface area contributed by atoms with Gasteiger partial charge in [0.25, 0.3) is 5.89 Å². The maximum Gasteiger partial charge on any atom is 0.258 e. The first-order valence-corrected chi connectivity index (χ1v) is 6.97. The Morgan fingerprint density at radius 1 is 1.24 bits per heavy atom. The van der Waals surface area contributed by atoms with E-state index in [0.717, 1.165) is 21.2 Å². The lowest BCUT2D eigenvalue weighted by Gasteiger charge is -2.00. The Balaban J connectivity index is 2.01. The van der Waals surface area contributed by atoms with Crippen molar-refractivity contribution in [1.82, 2.24) is 15.1 Å². The smallest absolute Gasteiger partial charge is 0.258 e. The second-order valence-corrected chi connectivity index (χ2v) is 5.22. The third kappa shape index (κ3) is 2.83. The zero-order valence-electron chi connectivity index (χ0n) is 10.8. The molecule has 0 radical (unpaired) electrons. The van der Waals surface area contributed by atoms with Gasteiger partial charge in [-0.2, -0.15) is 10.2 Å². The molecular formula is C15H9BrN4O. The van der Waals surface area contributed by atoms with Gasteiger partial charge in [-0.3, -0.25) is 4.98 Å². The van der Waals surface area contributed by atoms with Crippen molar-refractivity contribution in [3.63, 3.8) is 0 Å². The minimum atomic E-state index is 0.298. The maximum absolute atomic E-state index is 8.87. The van der Waals surface area contributed by atoms with Crippen molar-refractivity contribution in [2.45, 2.75) is 6.42 Å². The van der Waals surface area contributed by atoms with Gasteiger partial charge < -0.3 is 4.52 Å². The van der Waals surface area contributed by atoms with E-state index < -0.39 is 0 Å². The van der Waals surface area contributed by atoms with Gasteiger partial charge in [0.05, 0.1) is 12.5 Å². The van der Waals surface area contributed by atoms with E-state index in [1.165, 1.54) is 0 Å². The molecule has 0 unspecified atom stereocenters. The number of nitrogens with zero attached hydrogens (tertiary/aromatic N) is 4. The van der Waals surface area contributed by atoms with Crippen LogP contribution in [0.25, 0.3) is 22.8 Å².